The minimum Gasteiger partial charge on any atom is -0.497 e. The Kier molecular flexibility index (Phi) is 7.19. The van der Waals surface area contributed by atoms with Gasteiger partial charge in [0.05, 0.1) is 24.0 Å². The summed E-state index contributed by atoms with van der Waals surface area (Å²) < 4.78 is 16.9. The van der Waals surface area contributed by atoms with Crippen LogP contribution >= 0.6 is 0 Å². The van der Waals surface area contributed by atoms with E-state index in [0.29, 0.717) is 66.3 Å². The van der Waals surface area contributed by atoms with Crippen molar-refractivity contribution in [3.63, 3.8) is 0 Å². The van der Waals surface area contributed by atoms with Crippen LogP contribution in [0.15, 0.2) is 51.7 Å². The SMILES string of the molecule is COc1ccc(-c2c(C)oc3cc(OC[C@H](O)CN4CCC(C(=O)O)CC4)ccc3c2=O)cc1. The number of β-amino-alcohol motifs (C(OH)–C–C–N with tert-alkyl or cyclic N) is 1. The van der Waals surface area contributed by atoms with Gasteiger partial charge >= 0.3 is 5.97 Å². The van der Waals surface area contributed by atoms with Crippen molar-refractivity contribution in [3.05, 3.63) is 58.4 Å². The zero-order valence-corrected chi connectivity index (χ0v) is 19.3. The molecule has 8 nitrogen and oxygen atoms in total. The van der Waals surface area contributed by atoms with Gasteiger partial charge in [-0.05, 0) is 62.7 Å². The number of methoxy groups -OCH3 is 1. The number of rotatable bonds is 8. The van der Waals surface area contributed by atoms with Gasteiger partial charge in [-0.25, -0.2) is 0 Å². The lowest BCUT2D eigenvalue weighted by Crippen LogP contribution is -2.42. The maximum Gasteiger partial charge on any atom is 0.306 e. The Bertz CT molecular complexity index is 1210. The van der Waals surface area contributed by atoms with Gasteiger partial charge in [-0.1, -0.05) is 12.1 Å². The van der Waals surface area contributed by atoms with Gasteiger partial charge in [-0.3, -0.25) is 9.59 Å². The standard InChI is InChI=1S/C26H29NO7/c1-16-24(17-3-5-20(32-2)6-4-17)25(29)22-8-7-21(13-23(22)34-16)33-15-19(28)14-27-11-9-18(10-12-27)26(30)31/h3-8,13,18-19,28H,9-12,14-15H2,1-2H3,(H,30,31)/t19-/m1/s1. The second kappa shape index (κ2) is 10.3. The highest BCUT2D eigenvalue weighted by molar-refractivity contribution is 5.83. The molecule has 0 bridgehead atoms. The predicted molar refractivity (Wildman–Crippen MR) is 128 cm³/mol. The van der Waals surface area contributed by atoms with Crippen LogP contribution in [-0.4, -0.2) is 60.5 Å². The van der Waals surface area contributed by atoms with Crippen molar-refractivity contribution in [2.45, 2.75) is 25.9 Å². The molecule has 4 rings (SSSR count). The fourth-order valence-corrected chi connectivity index (χ4v) is 4.37. The molecular weight excluding hydrogens is 438 g/mol. The molecule has 1 aliphatic rings. The summed E-state index contributed by atoms with van der Waals surface area (Å²) in [4.78, 5) is 26.3. The molecule has 0 spiro atoms. The minimum absolute atomic E-state index is 0.0809. The highest BCUT2D eigenvalue weighted by Crippen LogP contribution is 2.27. The summed E-state index contributed by atoms with van der Waals surface area (Å²) in [5.74, 6) is 0.657. The first kappa shape index (κ1) is 23.8. The number of benzene rings is 2. The number of ether oxygens (including phenoxy) is 2. The fourth-order valence-electron chi connectivity index (χ4n) is 4.37. The number of aliphatic hydroxyl groups is 1. The molecule has 34 heavy (non-hydrogen) atoms. The number of aryl methyl sites for hydroxylation is 1. The number of aliphatic hydroxyl groups excluding tert-OH is 1. The number of carbonyl (C=O) groups is 1. The van der Waals surface area contributed by atoms with Crippen molar-refractivity contribution in [2.75, 3.05) is 33.4 Å². The smallest absolute Gasteiger partial charge is 0.306 e. The maximum atomic E-state index is 13.2. The lowest BCUT2D eigenvalue weighted by atomic mass is 9.97. The van der Waals surface area contributed by atoms with E-state index in [0.717, 1.165) is 5.56 Å². The third-order valence-electron chi connectivity index (χ3n) is 6.27. The van der Waals surface area contributed by atoms with Crippen LogP contribution in [0, 0.1) is 12.8 Å². The van der Waals surface area contributed by atoms with E-state index in [4.69, 9.17) is 19.0 Å². The summed E-state index contributed by atoms with van der Waals surface area (Å²) in [6.07, 6.45) is 0.456. The van der Waals surface area contributed by atoms with Crippen LogP contribution < -0.4 is 14.9 Å². The number of nitrogens with zero attached hydrogens (tertiary/aromatic N) is 1. The third kappa shape index (κ3) is 5.24. The molecule has 180 valence electrons. The number of aliphatic carboxylic acids is 1. The van der Waals surface area contributed by atoms with Gasteiger partial charge in [0.25, 0.3) is 0 Å². The van der Waals surface area contributed by atoms with Crippen LogP contribution in [0.4, 0.5) is 0 Å². The van der Waals surface area contributed by atoms with Gasteiger partial charge < -0.3 is 29.0 Å². The number of likely N-dealkylation sites (tertiary alicyclic amines) is 1. The Morgan fingerprint density at radius 1 is 1.15 bits per heavy atom. The average Bonchev–Trinajstić information content (AvgIpc) is 2.83. The summed E-state index contributed by atoms with van der Waals surface area (Å²) in [6.45, 7) is 3.54. The molecule has 1 aliphatic heterocycles. The molecule has 2 aromatic carbocycles. The molecule has 3 aromatic rings. The first-order valence-electron chi connectivity index (χ1n) is 11.3. The highest BCUT2D eigenvalue weighted by Gasteiger charge is 2.25. The van der Waals surface area contributed by atoms with Crippen molar-refractivity contribution in [1.82, 2.24) is 4.90 Å². The van der Waals surface area contributed by atoms with E-state index in [-0.39, 0.29) is 18.0 Å². The largest absolute Gasteiger partial charge is 0.497 e. The van der Waals surface area contributed by atoms with Crippen LogP contribution in [0.5, 0.6) is 11.5 Å². The highest BCUT2D eigenvalue weighted by atomic mass is 16.5. The monoisotopic (exact) mass is 467 g/mol. The number of fused-ring (bicyclic) bond motifs is 1. The summed E-state index contributed by atoms with van der Waals surface area (Å²) in [5.41, 5.74) is 1.55. The first-order chi connectivity index (χ1) is 16.4. The Hall–Kier alpha value is -3.36. The van der Waals surface area contributed by atoms with Crippen molar-refractivity contribution in [3.8, 4) is 22.6 Å². The average molecular weight is 468 g/mol. The van der Waals surface area contributed by atoms with Crippen molar-refractivity contribution >= 4 is 16.9 Å². The summed E-state index contributed by atoms with van der Waals surface area (Å²) in [6, 6.07) is 12.3. The molecular formula is C26H29NO7. The van der Waals surface area contributed by atoms with Crippen LogP contribution in [-0.2, 0) is 4.79 Å². The van der Waals surface area contributed by atoms with E-state index in [1.165, 1.54) is 0 Å². The molecule has 0 amide bonds. The fraction of sp³-hybridized carbons (Fsp3) is 0.385. The molecule has 2 N–H and O–H groups in total. The summed E-state index contributed by atoms with van der Waals surface area (Å²) in [5, 5.41) is 19.9. The van der Waals surface area contributed by atoms with Gasteiger partial charge in [0.15, 0.2) is 0 Å². The Balaban J connectivity index is 1.42. The second-order valence-electron chi connectivity index (χ2n) is 8.63. The first-order valence-corrected chi connectivity index (χ1v) is 11.3. The minimum atomic E-state index is -0.752. The molecule has 1 aromatic heterocycles. The Labute approximate surface area is 197 Å². The van der Waals surface area contributed by atoms with Crippen LogP contribution in [0.1, 0.15) is 18.6 Å². The molecule has 2 heterocycles. The van der Waals surface area contributed by atoms with Gasteiger partial charge in [0.2, 0.25) is 5.43 Å². The molecule has 8 heteroatoms. The van der Waals surface area contributed by atoms with Crippen LogP contribution in [0.2, 0.25) is 0 Å². The molecule has 0 unspecified atom stereocenters. The normalized spacial score (nSPS) is 15.9. The van der Waals surface area contributed by atoms with E-state index >= 15 is 0 Å². The van der Waals surface area contributed by atoms with Gasteiger partial charge in [-0.15, -0.1) is 0 Å². The second-order valence-corrected chi connectivity index (χ2v) is 8.63. The van der Waals surface area contributed by atoms with Crippen LogP contribution in [0.25, 0.3) is 22.1 Å². The van der Waals surface area contributed by atoms with E-state index in [1.807, 2.05) is 12.1 Å². The number of piperidine rings is 1. The lowest BCUT2D eigenvalue weighted by Gasteiger charge is -2.31. The number of carboxylic acids is 1. The summed E-state index contributed by atoms with van der Waals surface area (Å²) in [7, 11) is 1.59. The molecule has 1 fully saturated rings. The van der Waals surface area contributed by atoms with E-state index in [9.17, 15) is 14.7 Å². The van der Waals surface area contributed by atoms with Crippen molar-refractivity contribution in [2.24, 2.45) is 5.92 Å². The van der Waals surface area contributed by atoms with Crippen LogP contribution in [0.3, 0.4) is 0 Å². The number of hydrogen-bond acceptors (Lipinski definition) is 7. The van der Waals surface area contributed by atoms with Crippen molar-refractivity contribution in [1.29, 1.82) is 0 Å². The Morgan fingerprint density at radius 3 is 2.47 bits per heavy atom. The van der Waals surface area contributed by atoms with Crippen molar-refractivity contribution < 1.29 is 28.9 Å². The molecule has 1 atom stereocenters. The van der Waals surface area contributed by atoms with E-state index in [1.54, 1.807) is 44.4 Å². The number of carboxylic acid groups (broad SMARTS) is 1. The third-order valence-corrected chi connectivity index (χ3v) is 6.27. The van der Waals surface area contributed by atoms with Gasteiger partial charge in [0, 0.05) is 12.6 Å². The Morgan fingerprint density at radius 2 is 1.82 bits per heavy atom. The van der Waals surface area contributed by atoms with E-state index in [2.05, 4.69) is 4.90 Å². The molecule has 0 saturated carbocycles. The molecule has 0 radical (unpaired) electrons. The zero-order valence-electron chi connectivity index (χ0n) is 19.3. The summed E-state index contributed by atoms with van der Waals surface area (Å²) >= 11 is 0. The van der Waals surface area contributed by atoms with E-state index < -0.39 is 12.1 Å². The quantitative estimate of drug-likeness (QED) is 0.519. The van der Waals surface area contributed by atoms with Gasteiger partial charge in [0.1, 0.15) is 35.6 Å². The zero-order chi connectivity index (χ0) is 24.2. The lowest BCUT2D eigenvalue weighted by molar-refractivity contribution is -0.143. The maximum absolute atomic E-state index is 13.2. The predicted octanol–water partition coefficient (Wildman–Crippen LogP) is 3.31. The molecule has 0 aliphatic carbocycles. The van der Waals surface area contributed by atoms with Gasteiger partial charge in [-0.2, -0.15) is 0 Å². The molecule has 1 saturated heterocycles. The topological polar surface area (TPSA) is 109 Å². The number of hydrogen-bond donors (Lipinski definition) is 2.